The summed E-state index contributed by atoms with van der Waals surface area (Å²) in [7, 11) is 0. The van der Waals surface area contributed by atoms with Crippen LogP contribution in [0.2, 0.25) is 5.02 Å². The molecule has 1 aromatic rings. The average molecular weight is 335 g/mol. The van der Waals surface area contributed by atoms with E-state index in [2.05, 4.69) is 0 Å². The highest BCUT2D eigenvalue weighted by Crippen LogP contribution is 2.34. The Morgan fingerprint density at radius 1 is 1.36 bits per heavy atom. The summed E-state index contributed by atoms with van der Waals surface area (Å²) >= 11 is 7.44. The molecule has 0 aromatic heterocycles. The molecule has 0 bridgehead atoms. The predicted molar refractivity (Wildman–Crippen MR) is 57.1 cm³/mol. The van der Waals surface area contributed by atoms with Crippen molar-refractivity contribution in [1.82, 2.24) is 0 Å². The lowest BCUT2D eigenvalue weighted by Gasteiger charge is -2.10. The molecular weight excluding hydrogens is 329 g/mol. The Hall–Kier alpha value is -0.0100. The van der Waals surface area contributed by atoms with Crippen LogP contribution in [0.5, 0.6) is 0 Å². The summed E-state index contributed by atoms with van der Waals surface area (Å²) in [6.07, 6.45) is -4.36. The molecule has 1 nitrogen and oxygen atoms in total. The van der Waals surface area contributed by atoms with Crippen molar-refractivity contribution < 1.29 is 13.2 Å². The predicted octanol–water partition coefficient (Wildman–Crippen LogP) is 3.42. The van der Waals surface area contributed by atoms with Gasteiger partial charge in [-0.15, -0.1) is 0 Å². The third-order valence-electron chi connectivity index (χ3n) is 1.67. The highest BCUT2D eigenvalue weighted by atomic mass is 127. The Balaban J connectivity index is 3.28. The van der Waals surface area contributed by atoms with Gasteiger partial charge in [0.15, 0.2) is 0 Å². The van der Waals surface area contributed by atoms with Gasteiger partial charge in [-0.2, -0.15) is 13.2 Å². The van der Waals surface area contributed by atoms with Gasteiger partial charge in [0.2, 0.25) is 0 Å². The van der Waals surface area contributed by atoms with E-state index in [1.165, 1.54) is 0 Å². The molecule has 1 aromatic carbocycles. The topological polar surface area (TPSA) is 26.0 Å². The van der Waals surface area contributed by atoms with Gasteiger partial charge < -0.3 is 5.73 Å². The van der Waals surface area contributed by atoms with Crippen LogP contribution in [0, 0.1) is 3.57 Å². The van der Waals surface area contributed by atoms with Crippen LogP contribution in [-0.2, 0) is 12.7 Å². The molecule has 0 aliphatic heterocycles. The molecule has 14 heavy (non-hydrogen) atoms. The molecule has 1 rings (SSSR count). The van der Waals surface area contributed by atoms with Gasteiger partial charge in [-0.25, -0.2) is 0 Å². The highest BCUT2D eigenvalue weighted by Gasteiger charge is 2.31. The lowest BCUT2D eigenvalue weighted by atomic mass is 10.1. The fourth-order valence-electron chi connectivity index (χ4n) is 0.962. The SMILES string of the molecule is NCc1c(Cl)cc(C(F)(F)F)cc1I. The van der Waals surface area contributed by atoms with Gasteiger partial charge in [-0.3, -0.25) is 0 Å². The summed E-state index contributed by atoms with van der Waals surface area (Å²) in [5, 5.41) is 0.0618. The zero-order valence-electron chi connectivity index (χ0n) is 6.83. The quantitative estimate of drug-likeness (QED) is 0.782. The minimum Gasteiger partial charge on any atom is -0.326 e. The summed E-state index contributed by atoms with van der Waals surface area (Å²) in [4.78, 5) is 0. The molecule has 0 unspecified atom stereocenters. The van der Waals surface area contributed by atoms with Crippen LogP contribution in [0.3, 0.4) is 0 Å². The number of rotatable bonds is 1. The van der Waals surface area contributed by atoms with E-state index in [9.17, 15) is 13.2 Å². The van der Waals surface area contributed by atoms with Crippen LogP contribution in [0.25, 0.3) is 0 Å². The van der Waals surface area contributed by atoms with Gasteiger partial charge >= 0.3 is 6.18 Å². The number of halogens is 5. The van der Waals surface area contributed by atoms with Crippen LogP contribution in [0.1, 0.15) is 11.1 Å². The molecule has 0 spiro atoms. The summed E-state index contributed by atoms with van der Waals surface area (Å²) in [6, 6.07) is 1.93. The molecule has 0 saturated carbocycles. The first-order chi connectivity index (χ1) is 6.36. The molecule has 0 saturated heterocycles. The fraction of sp³-hybridized carbons (Fsp3) is 0.250. The first-order valence-corrected chi connectivity index (χ1v) is 5.07. The van der Waals surface area contributed by atoms with Gasteiger partial charge in [-0.05, 0) is 40.3 Å². The van der Waals surface area contributed by atoms with E-state index in [0.29, 0.717) is 9.13 Å². The van der Waals surface area contributed by atoms with Crippen molar-refractivity contribution in [2.75, 3.05) is 0 Å². The molecule has 0 fully saturated rings. The Labute approximate surface area is 97.6 Å². The molecule has 0 amide bonds. The fourth-order valence-corrected chi connectivity index (χ4v) is 2.26. The minimum absolute atomic E-state index is 0.0618. The number of benzene rings is 1. The number of nitrogens with two attached hydrogens (primary N) is 1. The summed E-state index contributed by atoms with van der Waals surface area (Å²) in [5.74, 6) is 0. The maximum atomic E-state index is 12.3. The second kappa shape index (κ2) is 4.24. The summed E-state index contributed by atoms with van der Waals surface area (Å²) in [6.45, 7) is 0.134. The molecule has 0 heterocycles. The second-order valence-electron chi connectivity index (χ2n) is 2.62. The zero-order chi connectivity index (χ0) is 10.9. The summed E-state index contributed by atoms with van der Waals surface area (Å²) < 4.78 is 37.3. The van der Waals surface area contributed by atoms with Crippen LogP contribution >= 0.6 is 34.2 Å². The zero-order valence-corrected chi connectivity index (χ0v) is 9.74. The first kappa shape index (κ1) is 12.1. The maximum Gasteiger partial charge on any atom is 0.416 e. The monoisotopic (exact) mass is 335 g/mol. The summed E-state index contributed by atoms with van der Waals surface area (Å²) in [5.41, 5.74) is 5.14. The van der Waals surface area contributed by atoms with Crippen molar-refractivity contribution >= 4 is 34.2 Å². The van der Waals surface area contributed by atoms with Crippen LogP contribution in [-0.4, -0.2) is 0 Å². The molecule has 0 aliphatic rings. The Morgan fingerprint density at radius 2 is 1.93 bits per heavy atom. The van der Waals surface area contributed by atoms with Crippen LogP contribution in [0.15, 0.2) is 12.1 Å². The van der Waals surface area contributed by atoms with Crippen molar-refractivity contribution in [3.63, 3.8) is 0 Å². The molecule has 0 atom stereocenters. The van der Waals surface area contributed by atoms with E-state index in [0.717, 1.165) is 12.1 Å². The van der Waals surface area contributed by atoms with E-state index >= 15 is 0 Å². The third kappa shape index (κ3) is 2.52. The molecule has 0 aliphatic carbocycles. The van der Waals surface area contributed by atoms with Crippen molar-refractivity contribution in [3.05, 3.63) is 31.9 Å². The largest absolute Gasteiger partial charge is 0.416 e. The average Bonchev–Trinajstić information content (AvgIpc) is 2.01. The maximum absolute atomic E-state index is 12.3. The van der Waals surface area contributed by atoms with Crippen molar-refractivity contribution in [1.29, 1.82) is 0 Å². The smallest absolute Gasteiger partial charge is 0.326 e. The molecule has 0 radical (unpaired) electrons. The van der Waals surface area contributed by atoms with Gasteiger partial charge in [0.25, 0.3) is 0 Å². The number of alkyl halides is 3. The molecule has 2 N–H and O–H groups in total. The van der Waals surface area contributed by atoms with E-state index in [4.69, 9.17) is 17.3 Å². The lowest BCUT2D eigenvalue weighted by molar-refractivity contribution is -0.137. The molecule has 78 valence electrons. The second-order valence-corrected chi connectivity index (χ2v) is 4.19. The highest BCUT2D eigenvalue weighted by molar-refractivity contribution is 14.1. The third-order valence-corrected chi connectivity index (χ3v) is 2.97. The van der Waals surface area contributed by atoms with Gasteiger partial charge in [0.1, 0.15) is 0 Å². The minimum atomic E-state index is -4.36. The lowest BCUT2D eigenvalue weighted by Crippen LogP contribution is -2.08. The van der Waals surface area contributed by atoms with Crippen LogP contribution < -0.4 is 5.73 Å². The van der Waals surface area contributed by atoms with Gasteiger partial charge in [-0.1, -0.05) is 11.6 Å². The van der Waals surface area contributed by atoms with Gasteiger partial charge in [0.05, 0.1) is 5.56 Å². The van der Waals surface area contributed by atoms with Crippen LogP contribution in [0.4, 0.5) is 13.2 Å². The van der Waals surface area contributed by atoms with E-state index in [1.54, 1.807) is 22.6 Å². The van der Waals surface area contributed by atoms with Gasteiger partial charge in [0, 0.05) is 15.1 Å². The van der Waals surface area contributed by atoms with E-state index in [-0.39, 0.29) is 11.6 Å². The Kier molecular flexibility index (Phi) is 3.65. The van der Waals surface area contributed by atoms with E-state index in [1.807, 2.05) is 0 Å². The van der Waals surface area contributed by atoms with Crippen molar-refractivity contribution in [3.8, 4) is 0 Å². The van der Waals surface area contributed by atoms with Crippen molar-refractivity contribution in [2.45, 2.75) is 12.7 Å². The van der Waals surface area contributed by atoms with Crippen molar-refractivity contribution in [2.24, 2.45) is 5.73 Å². The normalized spacial score (nSPS) is 11.9. The molecule has 6 heteroatoms. The molecular formula is C8H6ClF3IN. The first-order valence-electron chi connectivity index (χ1n) is 3.61. The standard InChI is InChI=1S/C8H6ClF3IN/c9-6-1-4(8(10,11)12)2-7(13)5(6)3-14/h1-2H,3,14H2. The number of hydrogen-bond acceptors (Lipinski definition) is 1. The number of hydrogen-bond donors (Lipinski definition) is 1. The Morgan fingerprint density at radius 3 is 2.29 bits per heavy atom. The Bertz CT molecular complexity index is 328. The van der Waals surface area contributed by atoms with E-state index < -0.39 is 11.7 Å².